The van der Waals surface area contributed by atoms with Crippen LogP contribution in [0.25, 0.3) is 0 Å². The molecule has 0 aromatic carbocycles. The first-order valence-electron chi connectivity index (χ1n) is 8.18. The summed E-state index contributed by atoms with van der Waals surface area (Å²) in [6.07, 6.45) is -9.94. The monoisotopic (exact) mass is 530 g/mol. The van der Waals surface area contributed by atoms with Crippen LogP contribution in [-0.4, -0.2) is 116 Å². The molecular weight excluding hydrogens is 510 g/mol. The molecule has 33 heavy (non-hydrogen) atoms. The molecule has 0 heterocycles. The Kier molecular flexibility index (Phi) is 12.8. The minimum atomic E-state index is -6.12. The van der Waals surface area contributed by atoms with E-state index in [0.29, 0.717) is 0 Å². The topological polar surface area (TPSA) is 310 Å². The van der Waals surface area contributed by atoms with Crippen molar-refractivity contribution < 1.29 is 91.6 Å². The number of carbonyl (C=O) groups excluding carboxylic acids is 4. The number of carbonyl (C=O) groups is 4. The molecule has 0 saturated heterocycles. The third-order valence-electron chi connectivity index (χ3n) is 2.79. The quantitative estimate of drug-likeness (QED) is 0.0973. The van der Waals surface area contributed by atoms with Crippen LogP contribution in [0.5, 0.6) is 0 Å². The minimum Gasteiger partial charge on any atom is -0.393 e. The maximum Gasteiger partial charge on any atom is 0.602 e. The van der Waals surface area contributed by atoms with Crippen LogP contribution in [0.1, 0.15) is 0 Å². The summed E-state index contributed by atoms with van der Waals surface area (Å²) in [6, 6.07) is 0. The van der Waals surface area contributed by atoms with Gasteiger partial charge >= 0.3 is 39.5 Å². The van der Waals surface area contributed by atoms with E-state index >= 15 is 0 Å². The molecule has 8 N–H and O–H groups in total. The van der Waals surface area contributed by atoms with Crippen molar-refractivity contribution in [2.75, 3.05) is 26.4 Å². The van der Waals surface area contributed by atoms with Gasteiger partial charge in [-0.1, -0.05) is 0 Å². The number of phosphoric ester groups is 2. The first-order chi connectivity index (χ1) is 15.2. The molecule has 0 spiro atoms. The van der Waals surface area contributed by atoms with E-state index in [1.54, 1.807) is 0 Å². The van der Waals surface area contributed by atoms with Crippen molar-refractivity contribution in [2.24, 2.45) is 0 Å². The van der Waals surface area contributed by atoms with Crippen molar-refractivity contribution in [1.29, 1.82) is 0 Å². The molecule has 0 rings (SSSR count). The minimum absolute atomic E-state index is 1.38. The van der Waals surface area contributed by atoms with Gasteiger partial charge in [0, 0.05) is 0 Å². The molecule has 4 unspecified atom stereocenters. The van der Waals surface area contributed by atoms with Gasteiger partial charge in [0.1, 0.15) is 0 Å². The SMILES string of the molecule is O=C(OP(=O)(OC(=O)C(O)CO)OP(=O)(OC(=O)C(O)CO)OC(=O)C(O)CO)C(O)CO. The molecule has 4 atom stereocenters. The number of aliphatic hydroxyl groups is 8. The van der Waals surface area contributed by atoms with Gasteiger partial charge in [-0.25, -0.2) is 28.3 Å². The van der Waals surface area contributed by atoms with Crippen molar-refractivity contribution in [3.8, 4) is 0 Å². The molecule has 192 valence electrons. The first kappa shape index (κ1) is 31.0. The highest BCUT2D eigenvalue weighted by atomic mass is 31.3. The molecule has 0 amide bonds. The fourth-order valence-corrected chi connectivity index (χ4v) is 4.16. The van der Waals surface area contributed by atoms with Crippen LogP contribution in [0.15, 0.2) is 0 Å². The van der Waals surface area contributed by atoms with Gasteiger partial charge in [0.2, 0.25) is 0 Å². The zero-order chi connectivity index (χ0) is 26.0. The van der Waals surface area contributed by atoms with Crippen molar-refractivity contribution >= 4 is 39.5 Å². The number of rotatable bonds is 14. The van der Waals surface area contributed by atoms with Gasteiger partial charge in [-0.3, -0.25) is 0 Å². The van der Waals surface area contributed by atoms with Gasteiger partial charge in [-0.05, 0) is 0 Å². The summed E-state index contributed by atoms with van der Waals surface area (Å²) in [5.41, 5.74) is 0. The average molecular weight is 530 g/mol. The van der Waals surface area contributed by atoms with Crippen LogP contribution < -0.4 is 0 Å². The van der Waals surface area contributed by atoms with E-state index in [1.807, 2.05) is 0 Å². The predicted molar refractivity (Wildman–Crippen MR) is 93.0 cm³/mol. The van der Waals surface area contributed by atoms with Gasteiger partial charge in [0.05, 0.1) is 26.4 Å². The molecule has 0 aliphatic carbocycles. The van der Waals surface area contributed by atoms with E-state index in [9.17, 15) is 48.7 Å². The molecule has 21 heteroatoms. The first-order valence-corrected chi connectivity index (χ1v) is 11.1. The molecule has 0 aliphatic rings. The zero-order valence-electron chi connectivity index (χ0n) is 16.1. The van der Waals surface area contributed by atoms with Crippen molar-refractivity contribution in [2.45, 2.75) is 24.4 Å². The Morgan fingerprint density at radius 2 is 0.697 bits per heavy atom. The summed E-state index contributed by atoms with van der Waals surface area (Å²) in [5, 5.41) is 71.5. The number of aliphatic hydroxyl groups excluding tert-OH is 8. The molecular formula is C12H20O19P2. The van der Waals surface area contributed by atoms with Crippen LogP contribution in [0.3, 0.4) is 0 Å². The van der Waals surface area contributed by atoms with Crippen LogP contribution in [0, 0.1) is 0 Å². The molecule has 19 nitrogen and oxygen atoms in total. The highest BCUT2D eigenvalue weighted by Crippen LogP contribution is 2.66. The number of phosphoric acid groups is 2. The average Bonchev–Trinajstić information content (AvgIpc) is 2.75. The number of hydrogen-bond donors (Lipinski definition) is 8. The Balaban J connectivity index is 6.24. The van der Waals surface area contributed by atoms with Crippen LogP contribution in [0.2, 0.25) is 0 Å². The third kappa shape index (κ3) is 10.2. The van der Waals surface area contributed by atoms with E-state index in [4.69, 9.17) is 20.4 Å². The Bertz CT molecular complexity index is 676. The lowest BCUT2D eigenvalue weighted by molar-refractivity contribution is -0.152. The normalized spacial score (nSPS) is 18.4. The lowest BCUT2D eigenvalue weighted by Gasteiger charge is -2.23. The number of hydrogen-bond acceptors (Lipinski definition) is 19. The van der Waals surface area contributed by atoms with E-state index in [-0.39, 0.29) is 0 Å². The summed E-state index contributed by atoms with van der Waals surface area (Å²) in [4.78, 5) is 46.4. The Hall–Kier alpha value is -2.02. The van der Waals surface area contributed by atoms with Crippen LogP contribution in [0.4, 0.5) is 0 Å². The van der Waals surface area contributed by atoms with Crippen molar-refractivity contribution in [3.63, 3.8) is 0 Å². The van der Waals surface area contributed by atoms with Crippen molar-refractivity contribution in [1.82, 2.24) is 0 Å². The maximum absolute atomic E-state index is 12.7. The highest BCUT2D eigenvalue weighted by Gasteiger charge is 2.51. The predicted octanol–water partition coefficient (Wildman–Crippen LogP) is -5.20. The standard InChI is InChI=1S/C12H20O19P2/c13-1-5(17)9(21)27-32(25,28-10(22)6(18)2-14)31-33(26,29-11(23)7(19)3-15)30-12(24)8(20)4-16/h5-8,13-20H,1-4H2. The smallest absolute Gasteiger partial charge is 0.393 e. The second-order valence-electron chi connectivity index (χ2n) is 5.41. The summed E-state index contributed by atoms with van der Waals surface area (Å²) in [7, 11) is -12.2. The van der Waals surface area contributed by atoms with Gasteiger partial charge in [-0.15, -0.1) is 4.31 Å². The Morgan fingerprint density at radius 1 is 0.515 bits per heavy atom. The second kappa shape index (κ2) is 13.6. The highest BCUT2D eigenvalue weighted by molar-refractivity contribution is 7.63. The molecule has 0 fully saturated rings. The molecule has 0 aromatic heterocycles. The molecule has 0 saturated carbocycles. The summed E-state index contributed by atoms with van der Waals surface area (Å²) in [6.45, 7) is -5.50. The van der Waals surface area contributed by atoms with E-state index in [0.717, 1.165) is 0 Å². The Morgan fingerprint density at radius 3 is 0.848 bits per heavy atom. The largest absolute Gasteiger partial charge is 0.602 e. The lowest BCUT2D eigenvalue weighted by Crippen LogP contribution is -2.31. The Labute approximate surface area is 182 Å². The van der Waals surface area contributed by atoms with Crippen LogP contribution >= 0.6 is 15.6 Å². The summed E-state index contributed by atoms with van der Waals surface area (Å²) >= 11 is 0. The van der Waals surface area contributed by atoms with Gasteiger partial charge in [0.15, 0.2) is 24.4 Å². The summed E-state index contributed by atoms with van der Waals surface area (Å²) < 4.78 is 45.2. The van der Waals surface area contributed by atoms with E-state index < -0.39 is 90.4 Å². The molecule has 0 aromatic rings. The van der Waals surface area contributed by atoms with Gasteiger partial charge in [0.25, 0.3) is 0 Å². The fraction of sp³-hybridized carbons (Fsp3) is 0.667. The fourth-order valence-electron chi connectivity index (χ4n) is 1.21. The molecule has 0 bridgehead atoms. The van der Waals surface area contributed by atoms with Gasteiger partial charge < -0.3 is 58.9 Å². The van der Waals surface area contributed by atoms with Gasteiger partial charge in [-0.2, -0.15) is 0 Å². The molecule has 0 aliphatic heterocycles. The summed E-state index contributed by atoms with van der Waals surface area (Å²) in [5.74, 6) is -8.38. The lowest BCUT2D eigenvalue weighted by atomic mass is 10.4. The van der Waals surface area contributed by atoms with E-state index in [1.165, 1.54) is 0 Å². The van der Waals surface area contributed by atoms with Crippen molar-refractivity contribution in [3.05, 3.63) is 0 Å². The second-order valence-corrected chi connectivity index (χ2v) is 8.58. The van der Waals surface area contributed by atoms with Crippen LogP contribution in [-0.2, 0) is 50.7 Å². The zero-order valence-corrected chi connectivity index (χ0v) is 17.9. The third-order valence-corrected chi connectivity index (χ3v) is 6.00. The van der Waals surface area contributed by atoms with E-state index in [2.05, 4.69) is 22.4 Å². The maximum atomic E-state index is 12.7. The molecule has 0 radical (unpaired) electrons.